The highest BCUT2D eigenvalue weighted by atomic mass is 16.3. The Bertz CT molecular complexity index is 3990. The Morgan fingerprint density at radius 1 is 0.359 bits per heavy atom. The van der Waals surface area contributed by atoms with Crippen molar-refractivity contribution in [3.63, 3.8) is 0 Å². The molecule has 2 heterocycles. The molecule has 0 bridgehead atoms. The van der Waals surface area contributed by atoms with Gasteiger partial charge in [-0.25, -0.2) is 4.98 Å². The SMILES string of the molecule is CC(C)(C)c1ccc(N(c2ccc(C(C)(C)C)cc2)c2cc3c(c4ccccc24)-c2c(cc(N(c4ccc(C(C)(C)C)cc4)c4ccc(C(C)(C)C)cc4)c4c2oc2ncccc24)C32c3ccccc3-c3ccccc32)cc1. The molecule has 0 N–H and O–H groups in total. The Morgan fingerprint density at radius 3 is 1.18 bits per heavy atom. The zero-order valence-corrected chi connectivity index (χ0v) is 47.3. The molecule has 2 aromatic heterocycles. The van der Waals surface area contributed by atoms with Gasteiger partial charge in [-0.3, -0.25) is 0 Å². The molecule has 386 valence electrons. The Hall–Kier alpha value is -8.21. The van der Waals surface area contributed by atoms with Crippen molar-refractivity contribution in [2.24, 2.45) is 0 Å². The third-order valence-electron chi connectivity index (χ3n) is 17.0. The van der Waals surface area contributed by atoms with Crippen molar-refractivity contribution in [2.75, 3.05) is 9.80 Å². The van der Waals surface area contributed by atoms with Gasteiger partial charge in [-0.1, -0.05) is 204 Å². The maximum absolute atomic E-state index is 7.42. The highest BCUT2D eigenvalue weighted by Crippen LogP contribution is 2.67. The van der Waals surface area contributed by atoms with Gasteiger partial charge < -0.3 is 14.2 Å². The first-order chi connectivity index (χ1) is 37.2. The zero-order chi connectivity index (χ0) is 54.3. The number of aromatic nitrogens is 1. The number of nitrogens with zero attached hydrogens (tertiary/aromatic N) is 3. The first-order valence-electron chi connectivity index (χ1n) is 27.9. The second-order valence-corrected chi connectivity index (χ2v) is 26.0. The van der Waals surface area contributed by atoms with Crippen LogP contribution in [0.25, 0.3) is 55.1 Å². The maximum Gasteiger partial charge on any atom is 0.227 e. The van der Waals surface area contributed by atoms with Crippen LogP contribution >= 0.6 is 0 Å². The average Bonchev–Trinajstić information content (AvgIpc) is 2.35. The van der Waals surface area contributed by atoms with E-state index in [2.05, 4.69) is 281 Å². The number of hydrogen-bond donors (Lipinski definition) is 0. The number of rotatable bonds is 6. The maximum atomic E-state index is 7.42. The molecule has 0 fully saturated rings. The average molecular weight is 1020 g/mol. The molecule has 2 aliphatic carbocycles. The van der Waals surface area contributed by atoms with Crippen LogP contribution in [0.2, 0.25) is 0 Å². The second kappa shape index (κ2) is 17.4. The zero-order valence-electron chi connectivity index (χ0n) is 47.3. The lowest BCUT2D eigenvalue weighted by molar-refractivity contribution is 0.590. The minimum Gasteiger partial charge on any atom is -0.437 e. The summed E-state index contributed by atoms with van der Waals surface area (Å²) < 4.78 is 7.42. The topological polar surface area (TPSA) is 32.5 Å². The monoisotopic (exact) mass is 1020 g/mol. The summed E-state index contributed by atoms with van der Waals surface area (Å²) in [6, 6.07) is 73.7. The predicted molar refractivity (Wildman–Crippen MR) is 329 cm³/mol. The second-order valence-electron chi connectivity index (χ2n) is 26.0. The number of pyridine rings is 1. The lowest BCUT2D eigenvalue weighted by atomic mass is 9.70. The van der Waals surface area contributed by atoms with E-state index >= 15 is 0 Å². The van der Waals surface area contributed by atoms with Gasteiger partial charge in [0.15, 0.2) is 0 Å². The molecule has 9 aromatic carbocycles. The Kier molecular flexibility index (Phi) is 11.0. The molecule has 0 amide bonds. The van der Waals surface area contributed by atoms with Gasteiger partial charge in [0.1, 0.15) is 5.58 Å². The number of fused-ring (bicyclic) bond motifs is 16. The Balaban J connectivity index is 1.18. The van der Waals surface area contributed by atoms with Gasteiger partial charge in [-0.2, -0.15) is 0 Å². The molecule has 78 heavy (non-hydrogen) atoms. The number of hydrogen-bond acceptors (Lipinski definition) is 4. The van der Waals surface area contributed by atoms with E-state index in [-0.39, 0.29) is 21.7 Å². The van der Waals surface area contributed by atoms with Gasteiger partial charge in [0, 0.05) is 39.9 Å². The van der Waals surface area contributed by atoms with Crippen molar-refractivity contribution >= 4 is 67.0 Å². The molecule has 2 aliphatic rings. The van der Waals surface area contributed by atoms with Crippen LogP contribution in [-0.2, 0) is 27.1 Å². The molecule has 0 atom stereocenters. The molecular weight excluding hydrogens is 947 g/mol. The summed E-state index contributed by atoms with van der Waals surface area (Å²) in [4.78, 5) is 9.98. The summed E-state index contributed by atoms with van der Waals surface area (Å²) in [6.07, 6.45) is 1.86. The van der Waals surface area contributed by atoms with Crippen LogP contribution < -0.4 is 9.80 Å². The largest absolute Gasteiger partial charge is 0.437 e. The smallest absolute Gasteiger partial charge is 0.227 e. The van der Waals surface area contributed by atoms with Gasteiger partial charge in [-0.15, -0.1) is 0 Å². The van der Waals surface area contributed by atoms with E-state index in [9.17, 15) is 0 Å². The summed E-state index contributed by atoms with van der Waals surface area (Å²) in [5.74, 6) is 0. The predicted octanol–water partition coefficient (Wildman–Crippen LogP) is 20.6. The fourth-order valence-electron chi connectivity index (χ4n) is 12.8. The molecule has 0 saturated heterocycles. The van der Waals surface area contributed by atoms with E-state index in [1.165, 1.54) is 66.6 Å². The molecule has 0 saturated carbocycles. The van der Waals surface area contributed by atoms with Crippen molar-refractivity contribution in [3.05, 3.63) is 245 Å². The fraction of sp³-hybridized carbons (Fsp3) is 0.230. The van der Waals surface area contributed by atoms with Crippen molar-refractivity contribution < 1.29 is 4.42 Å². The third-order valence-corrected chi connectivity index (χ3v) is 17.0. The number of benzene rings is 9. The van der Waals surface area contributed by atoms with Gasteiger partial charge in [0.25, 0.3) is 0 Å². The molecule has 13 rings (SSSR count). The molecule has 0 radical (unpaired) electrons. The normalized spacial score (nSPS) is 13.7. The molecular formula is C74H69N3O. The van der Waals surface area contributed by atoms with Gasteiger partial charge in [0.2, 0.25) is 5.71 Å². The molecule has 1 spiro atoms. The van der Waals surface area contributed by atoms with E-state index in [4.69, 9.17) is 9.40 Å². The van der Waals surface area contributed by atoms with Gasteiger partial charge in [-0.05, 0) is 161 Å². The molecule has 0 aliphatic heterocycles. The molecule has 11 aromatic rings. The molecule has 4 heteroatoms. The van der Waals surface area contributed by atoms with E-state index in [1.807, 2.05) is 12.3 Å². The number of anilines is 6. The van der Waals surface area contributed by atoms with E-state index in [0.717, 1.165) is 61.4 Å². The van der Waals surface area contributed by atoms with Crippen LogP contribution in [0, 0.1) is 0 Å². The minimum atomic E-state index is -0.762. The van der Waals surface area contributed by atoms with Crippen LogP contribution in [-0.4, -0.2) is 4.98 Å². The van der Waals surface area contributed by atoms with Crippen molar-refractivity contribution in [1.82, 2.24) is 4.98 Å². The first-order valence-corrected chi connectivity index (χ1v) is 27.9. The van der Waals surface area contributed by atoms with Crippen molar-refractivity contribution in [3.8, 4) is 22.3 Å². The number of furan rings is 1. The lowest BCUT2D eigenvalue weighted by Crippen LogP contribution is -2.26. The third kappa shape index (κ3) is 7.58. The highest BCUT2D eigenvalue weighted by Gasteiger charge is 2.54. The molecule has 4 nitrogen and oxygen atoms in total. The Labute approximate surface area is 461 Å². The highest BCUT2D eigenvalue weighted by molar-refractivity contribution is 6.23. The first kappa shape index (κ1) is 49.4. The summed E-state index contributed by atoms with van der Waals surface area (Å²) in [6.45, 7) is 27.5. The van der Waals surface area contributed by atoms with Crippen LogP contribution in [0.4, 0.5) is 34.1 Å². The van der Waals surface area contributed by atoms with E-state index < -0.39 is 5.41 Å². The van der Waals surface area contributed by atoms with Crippen LogP contribution in [0.1, 0.15) is 128 Å². The fourth-order valence-corrected chi connectivity index (χ4v) is 12.8. The Morgan fingerprint density at radius 2 is 0.731 bits per heavy atom. The van der Waals surface area contributed by atoms with Crippen LogP contribution in [0.5, 0.6) is 0 Å². The minimum absolute atomic E-state index is 0.00288. The van der Waals surface area contributed by atoms with Gasteiger partial charge in [0.05, 0.1) is 27.6 Å². The van der Waals surface area contributed by atoms with Crippen molar-refractivity contribution in [2.45, 2.75) is 110 Å². The van der Waals surface area contributed by atoms with Crippen LogP contribution in [0.3, 0.4) is 0 Å². The van der Waals surface area contributed by atoms with E-state index in [1.54, 1.807) is 0 Å². The summed E-state index contributed by atoms with van der Waals surface area (Å²) >= 11 is 0. The quantitative estimate of drug-likeness (QED) is 0.166. The summed E-state index contributed by atoms with van der Waals surface area (Å²) in [5.41, 5.74) is 22.1. The molecule has 0 unspecified atom stereocenters. The lowest BCUT2D eigenvalue weighted by Gasteiger charge is -2.34. The van der Waals surface area contributed by atoms with Crippen LogP contribution in [0.15, 0.2) is 205 Å². The summed E-state index contributed by atoms with van der Waals surface area (Å²) in [7, 11) is 0. The van der Waals surface area contributed by atoms with Crippen molar-refractivity contribution in [1.29, 1.82) is 0 Å². The standard InChI is InChI=1S/C74H69N3O/c1-70(2,3)46-27-35-50(36-28-46)76(51-37-29-47(30-38-51)71(4,5)6)63-44-61-65(57-23-14-13-22-56(57)63)67-62(74(61)59-25-17-15-20-54(59)55-21-16-18-26-60(55)74)45-64(66-58-24-19-43-75-69(58)78-68(66)67)77(52-39-31-48(32-40-52)72(7,8)9)53-41-33-49(34-42-53)73(10,11)12/h13-45H,1-12H3. The van der Waals surface area contributed by atoms with E-state index in [0.29, 0.717) is 5.71 Å². The summed E-state index contributed by atoms with van der Waals surface area (Å²) in [5, 5.41) is 4.34. The van der Waals surface area contributed by atoms with Gasteiger partial charge >= 0.3 is 0 Å².